The van der Waals surface area contributed by atoms with Gasteiger partial charge in [-0.05, 0) is 63.9 Å². The monoisotopic (exact) mass is 342 g/mol. The minimum atomic E-state index is -0.194. The minimum absolute atomic E-state index is 0.188. The topological polar surface area (TPSA) is 60.5 Å². The van der Waals surface area contributed by atoms with Gasteiger partial charge in [0.15, 0.2) is 0 Å². The summed E-state index contributed by atoms with van der Waals surface area (Å²) in [5.41, 5.74) is 3.29. The highest BCUT2D eigenvalue weighted by atomic mass is 16.5. The maximum atomic E-state index is 12.3. The van der Waals surface area contributed by atoms with Gasteiger partial charge in [0.1, 0.15) is 6.61 Å². The number of hydrogen-bond donors (Lipinski definition) is 1. The number of nitrogens with zero attached hydrogens (tertiary/aromatic N) is 1. The van der Waals surface area contributed by atoms with E-state index in [0.717, 1.165) is 16.8 Å². The lowest BCUT2D eigenvalue weighted by atomic mass is 10.1. The Morgan fingerprint density at radius 2 is 1.76 bits per heavy atom. The summed E-state index contributed by atoms with van der Waals surface area (Å²) < 4.78 is 11.1. The molecule has 0 aliphatic rings. The molecule has 0 spiro atoms. The van der Waals surface area contributed by atoms with Crippen LogP contribution >= 0.6 is 0 Å². The van der Waals surface area contributed by atoms with Crippen molar-refractivity contribution >= 4 is 11.6 Å². The number of rotatable bonds is 6. The Hall–Kier alpha value is -2.40. The van der Waals surface area contributed by atoms with Crippen LogP contribution in [-0.4, -0.2) is 29.7 Å². The van der Waals surface area contributed by atoms with Gasteiger partial charge in [-0.3, -0.25) is 4.79 Å². The molecule has 1 aromatic heterocycles. The van der Waals surface area contributed by atoms with Crippen molar-refractivity contribution in [3.63, 3.8) is 0 Å². The van der Waals surface area contributed by atoms with Crippen molar-refractivity contribution in [3.05, 3.63) is 53.2 Å². The molecule has 0 aliphatic carbocycles. The number of nitrogens with one attached hydrogen (secondary N) is 1. The standard InChI is InChI=1S/C20H26N2O3/c1-14-10-15(2)12-17(11-14)22-19(23)16-6-7-18(21-13-16)24-8-9-25-20(3,4)5/h6-7,10-13H,8-9H2,1-5H3,(H,22,23). The second-order valence-electron chi connectivity index (χ2n) is 7.02. The summed E-state index contributed by atoms with van der Waals surface area (Å²) in [6.45, 7) is 10.9. The largest absolute Gasteiger partial charge is 0.475 e. The average molecular weight is 342 g/mol. The molecule has 5 nitrogen and oxygen atoms in total. The molecule has 1 aromatic carbocycles. The molecule has 134 valence electrons. The molecule has 2 aromatic rings. The number of benzene rings is 1. The predicted octanol–water partition coefficient (Wildman–Crippen LogP) is 4.14. The smallest absolute Gasteiger partial charge is 0.257 e. The van der Waals surface area contributed by atoms with Crippen LogP contribution in [0.2, 0.25) is 0 Å². The summed E-state index contributed by atoms with van der Waals surface area (Å²) in [7, 11) is 0. The summed E-state index contributed by atoms with van der Waals surface area (Å²) in [4.78, 5) is 16.5. The first kappa shape index (κ1) is 18.9. The molecule has 0 saturated carbocycles. The molecular weight excluding hydrogens is 316 g/mol. The molecule has 2 rings (SSSR count). The summed E-state index contributed by atoms with van der Waals surface area (Å²) in [6.07, 6.45) is 1.51. The van der Waals surface area contributed by atoms with Gasteiger partial charge in [-0.15, -0.1) is 0 Å². The van der Waals surface area contributed by atoms with Crippen LogP contribution in [0.4, 0.5) is 5.69 Å². The third-order valence-corrected chi connectivity index (χ3v) is 3.35. The third-order valence-electron chi connectivity index (χ3n) is 3.35. The number of anilines is 1. The number of hydrogen-bond acceptors (Lipinski definition) is 4. The quantitative estimate of drug-likeness (QED) is 0.801. The highest BCUT2D eigenvalue weighted by molar-refractivity contribution is 6.04. The Morgan fingerprint density at radius 3 is 2.32 bits per heavy atom. The molecule has 25 heavy (non-hydrogen) atoms. The third kappa shape index (κ3) is 6.55. The molecule has 5 heteroatoms. The summed E-state index contributed by atoms with van der Waals surface area (Å²) in [6, 6.07) is 9.32. The van der Waals surface area contributed by atoms with Gasteiger partial charge in [0.05, 0.1) is 17.8 Å². The summed E-state index contributed by atoms with van der Waals surface area (Å²) >= 11 is 0. The van der Waals surface area contributed by atoms with E-state index in [2.05, 4.69) is 16.4 Å². The number of ether oxygens (including phenoxy) is 2. The van der Waals surface area contributed by atoms with E-state index in [4.69, 9.17) is 9.47 Å². The van der Waals surface area contributed by atoms with Gasteiger partial charge in [0.25, 0.3) is 5.91 Å². The lowest BCUT2D eigenvalue weighted by molar-refractivity contribution is -0.0168. The van der Waals surface area contributed by atoms with Crippen LogP contribution in [0.1, 0.15) is 42.3 Å². The van der Waals surface area contributed by atoms with E-state index >= 15 is 0 Å². The Morgan fingerprint density at radius 1 is 1.08 bits per heavy atom. The Bertz CT molecular complexity index is 698. The van der Waals surface area contributed by atoms with Crippen LogP contribution in [0.15, 0.2) is 36.5 Å². The normalized spacial score (nSPS) is 11.2. The first-order valence-electron chi connectivity index (χ1n) is 8.35. The van der Waals surface area contributed by atoms with Crippen molar-refractivity contribution < 1.29 is 14.3 Å². The lowest BCUT2D eigenvalue weighted by Gasteiger charge is -2.19. The predicted molar refractivity (Wildman–Crippen MR) is 99.3 cm³/mol. The Kier molecular flexibility index (Phi) is 6.15. The molecule has 0 aliphatic heterocycles. The number of pyridine rings is 1. The molecule has 0 radical (unpaired) electrons. The van der Waals surface area contributed by atoms with Gasteiger partial charge < -0.3 is 14.8 Å². The van der Waals surface area contributed by atoms with Crippen LogP contribution in [0.25, 0.3) is 0 Å². The van der Waals surface area contributed by atoms with E-state index in [-0.39, 0.29) is 11.5 Å². The number of aryl methyl sites for hydroxylation is 2. The van der Waals surface area contributed by atoms with Gasteiger partial charge in [-0.1, -0.05) is 6.07 Å². The van der Waals surface area contributed by atoms with E-state index in [0.29, 0.717) is 24.7 Å². The van der Waals surface area contributed by atoms with Crippen LogP contribution in [0, 0.1) is 13.8 Å². The van der Waals surface area contributed by atoms with Crippen molar-refractivity contribution in [2.24, 2.45) is 0 Å². The zero-order valence-electron chi connectivity index (χ0n) is 15.6. The second kappa shape index (κ2) is 8.12. The van der Waals surface area contributed by atoms with Crippen molar-refractivity contribution in [1.82, 2.24) is 4.98 Å². The maximum Gasteiger partial charge on any atom is 0.257 e. The second-order valence-corrected chi connectivity index (χ2v) is 7.02. The molecule has 1 amide bonds. The lowest BCUT2D eigenvalue weighted by Crippen LogP contribution is -2.22. The Labute approximate surface area is 149 Å². The number of amides is 1. The fraction of sp³-hybridized carbons (Fsp3) is 0.400. The number of aromatic nitrogens is 1. The highest BCUT2D eigenvalue weighted by Crippen LogP contribution is 2.16. The van der Waals surface area contributed by atoms with E-state index in [9.17, 15) is 4.79 Å². The van der Waals surface area contributed by atoms with Gasteiger partial charge in [0.2, 0.25) is 5.88 Å². The van der Waals surface area contributed by atoms with Crippen LogP contribution < -0.4 is 10.1 Å². The summed E-state index contributed by atoms with van der Waals surface area (Å²) in [5.74, 6) is 0.278. The van der Waals surface area contributed by atoms with Gasteiger partial charge in [-0.2, -0.15) is 0 Å². The molecule has 1 heterocycles. The van der Waals surface area contributed by atoms with Crippen LogP contribution in [0.3, 0.4) is 0 Å². The van der Waals surface area contributed by atoms with Crippen LogP contribution in [-0.2, 0) is 4.74 Å². The zero-order valence-corrected chi connectivity index (χ0v) is 15.6. The molecule has 1 N–H and O–H groups in total. The Balaban J connectivity index is 1.89. The van der Waals surface area contributed by atoms with Gasteiger partial charge in [0, 0.05) is 18.0 Å². The van der Waals surface area contributed by atoms with E-state index in [1.807, 2.05) is 46.8 Å². The van der Waals surface area contributed by atoms with E-state index in [1.54, 1.807) is 12.1 Å². The zero-order chi connectivity index (χ0) is 18.4. The molecule has 0 atom stereocenters. The molecule has 0 saturated heterocycles. The highest BCUT2D eigenvalue weighted by Gasteiger charge is 2.10. The maximum absolute atomic E-state index is 12.3. The number of carbonyl (C=O) groups is 1. The van der Waals surface area contributed by atoms with Gasteiger partial charge in [-0.25, -0.2) is 4.98 Å². The first-order valence-corrected chi connectivity index (χ1v) is 8.35. The average Bonchev–Trinajstić information content (AvgIpc) is 2.50. The van der Waals surface area contributed by atoms with Crippen molar-refractivity contribution in [3.8, 4) is 5.88 Å². The first-order chi connectivity index (χ1) is 11.7. The molecule has 0 bridgehead atoms. The fourth-order valence-electron chi connectivity index (χ4n) is 2.34. The molecule has 0 fully saturated rings. The fourth-order valence-corrected chi connectivity index (χ4v) is 2.34. The molecular formula is C20H26N2O3. The van der Waals surface area contributed by atoms with Crippen molar-refractivity contribution in [2.75, 3.05) is 18.5 Å². The van der Waals surface area contributed by atoms with Gasteiger partial charge >= 0.3 is 0 Å². The van der Waals surface area contributed by atoms with Crippen LogP contribution in [0.5, 0.6) is 5.88 Å². The van der Waals surface area contributed by atoms with Crippen molar-refractivity contribution in [1.29, 1.82) is 0 Å². The van der Waals surface area contributed by atoms with Crippen molar-refractivity contribution in [2.45, 2.75) is 40.2 Å². The SMILES string of the molecule is Cc1cc(C)cc(NC(=O)c2ccc(OCCOC(C)(C)C)nc2)c1. The summed E-state index contributed by atoms with van der Waals surface area (Å²) in [5, 5.41) is 2.89. The van der Waals surface area contributed by atoms with E-state index < -0.39 is 0 Å². The van der Waals surface area contributed by atoms with E-state index in [1.165, 1.54) is 6.20 Å². The minimum Gasteiger partial charge on any atom is -0.475 e. The number of carbonyl (C=O) groups excluding carboxylic acids is 1. The molecule has 0 unspecified atom stereocenters.